The highest BCUT2D eigenvalue weighted by Gasteiger charge is 2.64. The molecule has 0 bridgehead atoms. The van der Waals surface area contributed by atoms with Crippen molar-refractivity contribution in [3.63, 3.8) is 0 Å². The van der Waals surface area contributed by atoms with Crippen LogP contribution in [0.5, 0.6) is 5.75 Å². The van der Waals surface area contributed by atoms with Crippen molar-refractivity contribution in [1.82, 2.24) is 9.80 Å². The van der Waals surface area contributed by atoms with E-state index in [4.69, 9.17) is 5.73 Å². The third-order valence-electron chi connectivity index (χ3n) is 10.3. The smallest absolute Gasteiger partial charge is 0.255 e. The van der Waals surface area contributed by atoms with Crippen molar-refractivity contribution in [2.75, 3.05) is 58.0 Å². The van der Waals surface area contributed by atoms with Crippen LogP contribution in [0.3, 0.4) is 0 Å². The minimum Gasteiger partial charge on any atom is -0.508 e. The van der Waals surface area contributed by atoms with Crippen LogP contribution in [0.15, 0.2) is 23.0 Å². The van der Waals surface area contributed by atoms with Crippen LogP contribution >= 0.6 is 0 Å². The lowest BCUT2D eigenvalue weighted by Crippen LogP contribution is -2.65. The molecule has 2 amide bonds. The number of likely N-dealkylation sites (N-methyl/N-ethyl adjacent to an activating group) is 1. The maximum absolute atomic E-state index is 14.1. The minimum absolute atomic E-state index is 0.00476. The Labute approximate surface area is 254 Å². The Morgan fingerprint density at radius 1 is 1.11 bits per heavy atom. The number of likely N-dealkylation sites (tertiary alicyclic amines) is 1. The van der Waals surface area contributed by atoms with Gasteiger partial charge in [0.25, 0.3) is 5.91 Å². The normalized spacial score (nSPS) is 29.1. The number of hydrogen-bond donors (Lipinski definition) is 6. The number of anilines is 2. The quantitative estimate of drug-likeness (QED) is 0.194. The van der Waals surface area contributed by atoms with Gasteiger partial charge in [-0.05, 0) is 75.7 Å². The molecule has 1 aromatic rings. The van der Waals surface area contributed by atoms with Crippen molar-refractivity contribution < 1.29 is 39.6 Å². The molecule has 4 atom stereocenters. The van der Waals surface area contributed by atoms with E-state index in [-0.39, 0.29) is 42.1 Å². The summed E-state index contributed by atoms with van der Waals surface area (Å²) in [7, 11) is 6.65. The zero-order valence-electron chi connectivity index (χ0n) is 25.3. The van der Waals surface area contributed by atoms with Gasteiger partial charge in [0, 0.05) is 37.8 Å². The molecule has 1 aromatic carbocycles. The first-order valence-corrected chi connectivity index (χ1v) is 14.8. The van der Waals surface area contributed by atoms with Gasteiger partial charge >= 0.3 is 0 Å². The van der Waals surface area contributed by atoms with Gasteiger partial charge in [0.15, 0.2) is 11.4 Å². The molecule has 0 unspecified atom stereocenters. The lowest BCUT2D eigenvalue weighted by molar-refractivity contribution is -0.153. The van der Waals surface area contributed by atoms with Gasteiger partial charge in [-0.3, -0.25) is 29.0 Å². The van der Waals surface area contributed by atoms with Crippen molar-refractivity contribution >= 4 is 40.5 Å². The molecule has 44 heavy (non-hydrogen) atoms. The minimum atomic E-state index is -2.72. The van der Waals surface area contributed by atoms with Crippen molar-refractivity contribution in [3.05, 3.63) is 34.1 Å². The van der Waals surface area contributed by atoms with Gasteiger partial charge < -0.3 is 36.4 Å². The van der Waals surface area contributed by atoms with Crippen LogP contribution in [0.25, 0.3) is 5.76 Å². The molecule has 2 saturated carbocycles. The van der Waals surface area contributed by atoms with E-state index in [2.05, 4.69) is 10.2 Å². The number of rotatable bonds is 6. The molecule has 13 heteroatoms. The van der Waals surface area contributed by atoms with Crippen molar-refractivity contribution in [3.8, 4) is 5.75 Å². The fourth-order valence-corrected chi connectivity index (χ4v) is 7.93. The molecule has 1 heterocycles. The molecule has 4 aliphatic carbocycles. The topological polar surface area (TPSA) is 197 Å². The molecule has 3 fully saturated rings. The Morgan fingerprint density at radius 3 is 2.36 bits per heavy atom. The Morgan fingerprint density at radius 2 is 1.80 bits per heavy atom. The second kappa shape index (κ2) is 10.0. The lowest BCUT2D eigenvalue weighted by Gasteiger charge is -2.50. The predicted octanol–water partition coefficient (Wildman–Crippen LogP) is 0.454. The SMILES string of the molecule is CN(C)c1cc(NC(=O)CN2CCC3(CC3)C2)c(O)c2c1C[C@H]1C[C@H]3[C@H](N(C)C)C(=O)C(C(N)=O)=C(O)[C@@]3(O)C(=O)C1=C2O. The third-order valence-corrected chi connectivity index (χ3v) is 10.3. The standard InChI is InChI=1S/C31H39N5O8/c1-34(2)18-11-17(33-19(37)12-36-8-7-30(13-36)5-6-30)24(38)21-15(18)9-14-10-16-23(35(3)4)26(40)22(29(32)43)28(42)31(16,44)27(41)20(14)25(21)39/h11,14,16,23,38-39,42,44H,5-10,12-13H2,1-4H3,(H2,32,43)(H,33,37)/t14-,16-,23-,31-/m0/s1. The van der Waals surface area contributed by atoms with E-state index in [0.717, 1.165) is 19.5 Å². The number of carbonyl (C=O) groups is 4. The number of primary amides is 1. The number of nitrogens with zero attached hydrogens (tertiary/aromatic N) is 3. The number of nitrogens with one attached hydrogen (secondary N) is 1. The zero-order valence-corrected chi connectivity index (χ0v) is 25.3. The first-order chi connectivity index (χ1) is 20.6. The van der Waals surface area contributed by atoms with Gasteiger partial charge in [0.2, 0.25) is 11.7 Å². The van der Waals surface area contributed by atoms with Crippen LogP contribution in [0.1, 0.15) is 36.8 Å². The maximum Gasteiger partial charge on any atom is 0.255 e. The Hall–Kier alpha value is -3.94. The largest absolute Gasteiger partial charge is 0.508 e. The number of benzene rings is 1. The summed E-state index contributed by atoms with van der Waals surface area (Å²) < 4.78 is 0. The Kier molecular flexibility index (Phi) is 6.87. The van der Waals surface area contributed by atoms with E-state index in [1.807, 2.05) is 0 Å². The number of fused-ring (bicyclic) bond motifs is 3. The van der Waals surface area contributed by atoms with Gasteiger partial charge in [0.05, 0.1) is 23.8 Å². The van der Waals surface area contributed by atoms with Crippen LogP contribution in [0.2, 0.25) is 0 Å². The number of ketones is 2. The predicted molar refractivity (Wildman–Crippen MR) is 160 cm³/mol. The lowest BCUT2D eigenvalue weighted by atomic mass is 9.57. The molecule has 13 nitrogen and oxygen atoms in total. The summed E-state index contributed by atoms with van der Waals surface area (Å²) in [6.45, 7) is 1.84. The molecule has 1 spiro atoms. The van der Waals surface area contributed by atoms with Gasteiger partial charge in [-0.25, -0.2) is 0 Å². The zero-order chi connectivity index (χ0) is 32.0. The number of aliphatic hydroxyl groups is 3. The molecule has 5 aliphatic rings. The number of phenolic OH excluding ortho intramolecular Hbond substituents is 1. The first-order valence-electron chi connectivity index (χ1n) is 14.8. The summed E-state index contributed by atoms with van der Waals surface area (Å²) in [5.74, 6) is -7.53. The van der Waals surface area contributed by atoms with E-state index in [0.29, 0.717) is 16.7 Å². The molecule has 7 N–H and O–H groups in total. The number of carbonyl (C=O) groups excluding carboxylic acids is 4. The van der Waals surface area contributed by atoms with E-state index in [1.54, 1.807) is 39.2 Å². The van der Waals surface area contributed by atoms with Crippen LogP contribution in [-0.4, -0.2) is 113 Å². The summed E-state index contributed by atoms with van der Waals surface area (Å²) in [5, 5.41) is 48.7. The van der Waals surface area contributed by atoms with E-state index in [1.165, 1.54) is 17.7 Å². The Bertz CT molecular complexity index is 1570. The average Bonchev–Trinajstić information content (AvgIpc) is 3.57. The van der Waals surface area contributed by atoms with E-state index in [9.17, 15) is 39.6 Å². The van der Waals surface area contributed by atoms with Crippen molar-refractivity contribution in [2.24, 2.45) is 23.0 Å². The van der Waals surface area contributed by atoms with Gasteiger partial charge in [-0.1, -0.05) is 0 Å². The summed E-state index contributed by atoms with van der Waals surface area (Å²) in [6.07, 6.45) is 3.56. The van der Waals surface area contributed by atoms with Crippen LogP contribution < -0.4 is 16.0 Å². The maximum atomic E-state index is 14.1. The molecular weight excluding hydrogens is 570 g/mol. The second-order valence-corrected chi connectivity index (χ2v) is 13.5. The summed E-state index contributed by atoms with van der Waals surface area (Å²) >= 11 is 0. The number of phenols is 1. The Balaban J connectivity index is 1.42. The highest BCUT2D eigenvalue weighted by atomic mass is 16.3. The van der Waals surface area contributed by atoms with Gasteiger partial charge in [-0.2, -0.15) is 0 Å². The number of nitrogens with two attached hydrogens (primary N) is 1. The fourth-order valence-electron chi connectivity index (χ4n) is 7.93. The molecule has 0 aromatic heterocycles. The van der Waals surface area contributed by atoms with Crippen molar-refractivity contribution in [1.29, 1.82) is 0 Å². The number of amides is 2. The highest BCUT2D eigenvalue weighted by molar-refractivity contribution is 6.24. The second-order valence-electron chi connectivity index (χ2n) is 13.5. The summed E-state index contributed by atoms with van der Waals surface area (Å²) in [6, 6.07) is 0.468. The fraction of sp³-hybridized carbons (Fsp3) is 0.548. The first kappa shape index (κ1) is 30.1. The molecule has 6 rings (SSSR count). The van der Waals surface area contributed by atoms with E-state index < -0.39 is 63.8 Å². The van der Waals surface area contributed by atoms with E-state index >= 15 is 0 Å². The number of Topliss-reactive ketones (excluding diaryl/α,β-unsaturated/α-hetero) is 2. The summed E-state index contributed by atoms with van der Waals surface area (Å²) in [5.41, 5.74) is 3.01. The molecule has 1 saturated heterocycles. The highest BCUT2D eigenvalue weighted by Crippen LogP contribution is 2.55. The van der Waals surface area contributed by atoms with Crippen LogP contribution in [0, 0.1) is 17.3 Å². The summed E-state index contributed by atoms with van der Waals surface area (Å²) in [4.78, 5) is 58.0. The van der Waals surface area contributed by atoms with Gasteiger partial charge in [-0.15, -0.1) is 0 Å². The van der Waals surface area contributed by atoms with Crippen LogP contribution in [0.4, 0.5) is 11.4 Å². The molecule has 1 aliphatic heterocycles. The number of hydrogen-bond acceptors (Lipinski definition) is 11. The van der Waals surface area contributed by atoms with Gasteiger partial charge in [0.1, 0.15) is 22.8 Å². The monoisotopic (exact) mass is 609 g/mol. The third kappa shape index (κ3) is 4.32. The molecule has 236 valence electrons. The average molecular weight is 610 g/mol. The molecular formula is C31H39N5O8. The number of aliphatic hydroxyl groups excluding tert-OH is 2. The van der Waals surface area contributed by atoms with Crippen molar-refractivity contribution in [2.45, 2.75) is 43.7 Å². The molecule has 0 radical (unpaired) electrons. The van der Waals surface area contributed by atoms with Crippen LogP contribution in [-0.2, 0) is 25.6 Å². The number of aromatic hydroxyl groups is 1.